The number of esters is 1. The van der Waals surface area contributed by atoms with Gasteiger partial charge in [0.15, 0.2) is 6.17 Å². The Morgan fingerprint density at radius 2 is 1.64 bits per heavy atom. The molecule has 3 rings (SSSR count). The average Bonchev–Trinajstić information content (AvgIpc) is 2.80. The molecule has 0 unspecified atom stereocenters. The first-order chi connectivity index (χ1) is 15.7. The molecule has 1 saturated heterocycles. The van der Waals surface area contributed by atoms with Gasteiger partial charge in [0.2, 0.25) is 0 Å². The van der Waals surface area contributed by atoms with Crippen LogP contribution in [-0.4, -0.2) is 55.6 Å². The topological polar surface area (TPSA) is 65.1 Å². The second-order valence-electron chi connectivity index (χ2n) is 7.48. The van der Waals surface area contributed by atoms with Crippen molar-refractivity contribution in [2.75, 3.05) is 20.2 Å². The number of ether oxygens (including phenoxy) is 3. The number of hydrogen-bond donors (Lipinski definition) is 0. The van der Waals surface area contributed by atoms with E-state index in [9.17, 15) is 27.2 Å². The first kappa shape index (κ1) is 24.5. The van der Waals surface area contributed by atoms with Crippen LogP contribution in [0.25, 0.3) is 0 Å². The van der Waals surface area contributed by atoms with Crippen LogP contribution >= 0.6 is 0 Å². The minimum absolute atomic E-state index is 0.00937. The third kappa shape index (κ3) is 5.27. The lowest BCUT2D eigenvalue weighted by atomic mass is 9.92. The highest BCUT2D eigenvalue weighted by Gasteiger charge is 2.64. The number of alkyl halides is 4. The van der Waals surface area contributed by atoms with E-state index >= 15 is 0 Å². The van der Waals surface area contributed by atoms with Crippen molar-refractivity contribution in [3.63, 3.8) is 0 Å². The maximum atomic E-state index is 14.7. The summed E-state index contributed by atoms with van der Waals surface area (Å²) in [6, 6.07) is 15.1. The largest absolute Gasteiger partial charge is 0.456 e. The van der Waals surface area contributed by atoms with Crippen LogP contribution in [0.15, 0.2) is 60.7 Å². The predicted octanol–water partition coefficient (Wildman–Crippen LogP) is 4.38. The fraction of sp³-hybridized carbons (Fsp3) is 0.391. The van der Waals surface area contributed by atoms with Gasteiger partial charge in [0.1, 0.15) is 12.7 Å². The van der Waals surface area contributed by atoms with Crippen LogP contribution in [0.2, 0.25) is 0 Å². The standard InChI is InChI=1S/C23H23F4NO5/c1-31-22(23(25,26)27,17-10-6-3-7-11-17)20(29)33-19-12-13-28(14-18(19)24)21(30)32-15-16-8-4-2-5-9-16/h2-11,18-19H,12-15H2,1H3/t18-,19+,22-/m1/s1. The fourth-order valence-electron chi connectivity index (χ4n) is 3.60. The van der Waals surface area contributed by atoms with E-state index < -0.39 is 48.2 Å². The van der Waals surface area contributed by atoms with Crippen molar-refractivity contribution >= 4 is 12.1 Å². The number of hydrogen-bond acceptors (Lipinski definition) is 5. The van der Waals surface area contributed by atoms with Gasteiger partial charge < -0.3 is 19.1 Å². The van der Waals surface area contributed by atoms with Gasteiger partial charge >= 0.3 is 18.2 Å². The Balaban J connectivity index is 1.65. The molecule has 2 aromatic carbocycles. The molecule has 33 heavy (non-hydrogen) atoms. The average molecular weight is 469 g/mol. The van der Waals surface area contributed by atoms with Gasteiger partial charge in [0, 0.05) is 25.6 Å². The molecule has 10 heteroatoms. The van der Waals surface area contributed by atoms with Crippen LogP contribution in [0.1, 0.15) is 17.5 Å². The Labute approximate surface area is 188 Å². The highest BCUT2D eigenvalue weighted by molar-refractivity contribution is 5.83. The number of halogens is 4. The second-order valence-corrected chi connectivity index (χ2v) is 7.48. The number of benzene rings is 2. The number of carbonyl (C=O) groups is 2. The molecular weight excluding hydrogens is 446 g/mol. The van der Waals surface area contributed by atoms with E-state index in [4.69, 9.17) is 9.47 Å². The van der Waals surface area contributed by atoms with Gasteiger partial charge in [-0.15, -0.1) is 0 Å². The number of amides is 1. The van der Waals surface area contributed by atoms with Crippen molar-refractivity contribution in [1.29, 1.82) is 0 Å². The molecule has 1 aliphatic rings. The minimum Gasteiger partial charge on any atom is -0.456 e. The number of nitrogens with zero attached hydrogens (tertiary/aromatic N) is 1. The van der Waals surface area contributed by atoms with Crippen LogP contribution in [0, 0.1) is 0 Å². The van der Waals surface area contributed by atoms with Crippen LogP contribution in [-0.2, 0) is 31.2 Å². The summed E-state index contributed by atoms with van der Waals surface area (Å²) in [4.78, 5) is 26.0. The summed E-state index contributed by atoms with van der Waals surface area (Å²) in [6.07, 6.45) is -9.49. The first-order valence-electron chi connectivity index (χ1n) is 10.2. The van der Waals surface area contributed by atoms with Crippen LogP contribution in [0.3, 0.4) is 0 Å². The maximum Gasteiger partial charge on any atom is 0.432 e. The third-order valence-corrected chi connectivity index (χ3v) is 5.38. The number of rotatable bonds is 6. The summed E-state index contributed by atoms with van der Waals surface area (Å²) in [5.74, 6) is -1.77. The lowest BCUT2D eigenvalue weighted by Gasteiger charge is -2.37. The number of likely N-dealkylation sites (tertiary alicyclic amines) is 1. The third-order valence-electron chi connectivity index (χ3n) is 5.38. The van der Waals surface area contributed by atoms with Crippen molar-refractivity contribution in [2.24, 2.45) is 0 Å². The quantitative estimate of drug-likeness (QED) is 0.464. The SMILES string of the molecule is CO[C@@](C(=O)O[C@H]1CCN(C(=O)OCc2ccccc2)C[C@H]1F)(c1ccccc1)C(F)(F)F. The van der Waals surface area contributed by atoms with E-state index in [0.717, 1.165) is 29.7 Å². The smallest absolute Gasteiger partial charge is 0.432 e. The molecule has 2 aromatic rings. The van der Waals surface area contributed by atoms with Gasteiger partial charge in [0.05, 0.1) is 6.54 Å². The molecule has 0 saturated carbocycles. The molecule has 178 valence electrons. The first-order valence-corrected chi connectivity index (χ1v) is 10.2. The van der Waals surface area contributed by atoms with E-state index in [1.54, 1.807) is 30.3 Å². The molecule has 6 nitrogen and oxygen atoms in total. The van der Waals surface area contributed by atoms with E-state index in [0.29, 0.717) is 0 Å². The molecule has 0 radical (unpaired) electrons. The zero-order chi connectivity index (χ0) is 24.1. The van der Waals surface area contributed by atoms with Crippen molar-refractivity contribution in [3.05, 3.63) is 71.8 Å². The molecule has 1 amide bonds. The van der Waals surface area contributed by atoms with Crippen LogP contribution in [0.5, 0.6) is 0 Å². The van der Waals surface area contributed by atoms with Crippen LogP contribution in [0.4, 0.5) is 22.4 Å². The minimum atomic E-state index is -5.16. The Morgan fingerprint density at radius 1 is 1.03 bits per heavy atom. The Hall–Kier alpha value is -3.14. The van der Waals surface area contributed by atoms with Crippen molar-refractivity contribution in [3.8, 4) is 0 Å². The van der Waals surface area contributed by atoms with E-state index in [-0.39, 0.29) is 19.6 Å². The summed E-state index contributed by atoms with van der Waals surface area (Å²) < 4.78 is 71.4. The summed E-state index contributed by atoms with van der Waals surface area (Å²) in [5, 5.41) is 0. The maximum absolute atomic E-state index is 14.7. The highest BCUT2D eigenvalue weighted by Crippen LogP contribution is 2.43. The van der Waals surface area contributed by atoms with Gasteiger partial charge in [0.25, 0.3) is 5.60 Å². The van der Waals surface area contributed by atoms with E-state index in [2.05, 4.69) is 4.74 Å². The number of piperidine rings is 1. The normalized spacial score (nSPS) is 20.6. The van der Waals surface area contributed by atoms with Crippen molar-refractivity contribution < 1.29 is 41.4 Å². The van der Waals surface area contributed by atoms with Gasteiger partial charge in [-0.05, 0) is 5.56 Å². The van der Waals surface area contributed by atoms with E-state index in [1.807, 2.05) is 0 Å². The molecule has 1 fully saturated rings. The molecule has 0 spiro atoms. The highest BCUT2D eigenvalue weighted by atomic mass is 19.4. The zero-order valence-electron chi connectivity index (χ0n) is 17.8. The number of methoxy groups -OCH3 is 1. The Bertz CT molecular complexity index is 941. The lowest BCUT2D eigenvalue weighted by Crippen LogP contribution is -2.55. The van der Waals surface area contributed by atoms with Gasteiger partial charge in [-0.3, -0.25) is 0 Å². The summed E-state index contributed by atoms with van der Waals surface area (Å²) in [7, 11) is 0.736. The molecule has 0 N–H and O–H groups in total. The summed E-state index contributed by atoms with van der Waals surface area (Å²) in [5.41, 5.74) is -3.14. The molecular formula is C23H23F4NO5. The van der Waals surface area contributed by atoms with Crippen LogP contribution < -0.4 is 0 Å². The fourth-order valence-corrected chi connectivity index (χ4v) is 3.60. The Kier molecular flexibility index (Phi) is 7.57. The summed E-state index contributed by atoms with van der Waals surface area (Å²) in [6.45, 7) is -0.545. The predicted molar refractivity (Wildman–Crippen MR) is 109 cm³/mol. The molecule has 0 aromatic heterocycles. The molecule has 1 heterocycles. The Morgan fingerprint density at radius 3 is 2.18 bits per heavy atom. The molecule has 3 atom stereocenters. The second kappa shape index (κ2) is 10.2. The van der Waals surface area contributed by atoms with Gasteiger partial charge in [-0.25, -0.2) is 14.0 Å². The van der Waals surface area contributed by atoms with Gasteiger partial charge in [-0.1, -0.05) is 60.7 Å². The lowest BCUT2D eigenvalue weighted by molar-refractivity contribution is -0.279. The van der Waals surface area contributed by atoms with Gasteiger partial charge in [-0.2, -0.15) is 13.2 Å². The zero-order valence-corrected chi connectivity index (χ0v) is 17.8. The van der Waals surface area contributed by atoms with Crippen molar-refractivity contribution in [2.45, 2.75) is 37.1 Å². The van der Waals surface area contributed by atoms with Crippen molar-refractivity contribution in [1.82, 2.24) is 4.90 Å². The monoisotopic (exact) mass is 469 g/mol. The summed E-state index contributed by atoms with van der Waals surface area (Å²) >= 11 is 0. The number of carbonyl (C=O) groups excluding carboxylic acids is 2. The molecule has 0 bridgehead atoms. The van der Waals surface area contributed by atoms with E-state index in [1.165, 1.54) is 18.2 Å². The molecule has 1 aliphatic heterocycles. The molecule has 0 aliphatic carbocycles.